The Hall–Kier alpha value is -1.92. The molecule has 25 heavy (non-hydrogen) atoms. The summed E-state index contributed by atoms with van der Waals surface area (Å²) in [6.07, 6.45) is 2.87. The summed E-state index contributed by atoms with van der Waals surface area (Å²) in [5, 5.41) is 6.19. The second kappa shape index (κ2) is 7.97. The van der Waals surface area contributed by atoms with Crippen molar-refractivity contribution in [1.82, 2.24) is 14.8 Å². The lowest BCUT2D eigenvalue weighted by Crippen LogP contribution is -2.50. The molecule has 1 aromatic heterocycles. The molecular weight excluding hydrogens is 332 g/mol. The lowest BCUT2D eigenvalue weighted by Gasteiger charge is -2.37. The van der Waals surface area contributed by atoms with Gasteiger partial charge in [0.25, 0.3) is 0 Å². The normalized spacial score (nSPS) is 16.7. The van der Waals surface area contributed by atoms with Crippen molar-refractivity contribution < 1.29 is 4.79 Å². The Bertz CT molecular complexity index is 708. The van der Waals surface area contributed by atoms with E-state index in [1.807, 2.05) is 22.5 Å². The fourth-order valence-corrected chi connectivity index (χ4v) is 4.01. The Balaban J connectivity index is 1.54. The van der Waals surface area contributed by atoms with Gasteiger partial charge in [0.2, 0.25) is 0 Å². The molecule has 1 saturated heterocycles. The molecule has 0 radical (unpaired) electrons. The number of aromatic nitrogens is 1. The highest BCUT2D eigenvalue weighted by Gasteiger charge is 2.25. The number of nitrogens with zero attached hydrogens (tertiary/aromatic N) is 3. The summed E-state index contributed by atoms with van der Waals surface area (Å²) in [4.78, 5) is 21.2. The standard InChI is InChI=1S/C19H26N4OS/c1-4-16-5-6-17(13-14(16)2)21-19(24)23-10-8-22(9-11-23)15(3)18-20-7-12-25-18/h5-7,12-13,15H,4,8-11H2,1-3H3,(H,21,24). The maximum absolute atomic E-state index is 12.5. The quantitative estimate of drug-likeness (QED) is 0.901. The number of benzene rings is 1. The molecule has 0 aliphatic carbocycles. The van der Waals surface area contributed by atoms with Crippen LogP contribution >= 0.6 is 11.3 Å². The average molecular weight is 359 g/mol. The van der Waals surface area contributed by atoms with Gasteiger partial charge in [-0.1, -0.05) is 13.0 Å². The molecule has 5 nitrogen and oxygen atoms in total. The van der Waals surface area contributed by atoms with Crippen LogP contribution in [-0.4, -0.2) is 47.0 Å². The van der Waals surface area contributed by atoms with Crippen LogP contribution in [0, 0.1) is 6.92 Å². The minimum Gasteiger partial charge on any atom is -0.322 e. The molecule has 1 N–H and O–H groups in total. The lowest BCUT2D eigenvalue weighted by atomic mass is 10.1. The molecule has 1 fully saturated rings. The van der Waals surface area contributed by atoms with Crippen LogP contribution in [0.4, 0.5) is 10.5 Å². The second-order valence-corrected chi connectivity index (χ2v) is 7.42. The number of amides is 2. The first-order valence-electron chi connectivity index (χ1n) is 8.87. The monoisotopic (exact) mass is 358 g/mol. The maximum Gasteiger partial charge on any atom is 0.321 e. The molecule has 2 heterocycles. The van der Waals surface area contributed by atoms with Crippen LogP contribution < -0.4 is 5.32 Å². The summed E-state index contributed by atoms with van der Waals surface area (Å²) in [6, 6.07) is 6.44. The van der Waals surface area contributed by atoms with Crippen molar-refractivity contribution in [2.45, 2.75) is 33.2 Å². The van der Waals surface area contributed by atoms with Gasteiger partial charge < -0.3 is 10.2 Å². The number of aryl methyl sites for hydroxylation is 2. The maximum atomic E-state index is 12.5. The summed E-state index contributed by atoms with van der Waals surface area (Å²) in [6.45, 7) is 9.66. The molecular formula is C19H26N4OS. The largest absolute Gasteiger partial charge is 0.322 e. The van der Waals surface area contributed by atoms with E-state index >= 15 is 0 Å². The van der Waals surface area contributed by atoms with Gasteiger partial charge in [0, 0.05) is 43.4 Å². The molecule has 134 valence electrons. The molecule has 0 spiro atoms. The predicted octanol–water partition coefficient (Wildman–Crippen LogP) is 3.92. The molecule has 1 unspecified atom stereocenters. The zero-order valence-corrected chi connectivity index (χ0v) is 16.0. The Kier molecular flexibility index (Phi) is 5.71. The van der Waals surface area contributed by atoms with E-state index in [2.05, 4.69) is 48.1 Å². The van der Waals surface area contributed by atoms with Crippen molar-refractivity contribution in [3.8, 4) is 0 Å². The van der Waals surface area contributed by atoms with Gasteiger partial charge in [0.15, 0.2) is 0 Å². The average Bonchev–Trinajstić information content (AvgIpc) is 3.16. The minimum absolute atomic E-state index is 0.00907. The van der Waals surface area contributed by atoms with Crippen LogP contribution in [-0.2, 0) is 6.42 Å². The van der Waals surface area contributed by atoms with E-state index in [0.717, 1.165) is 43.3 Å². The van der Waals surface area contributed by atoms with Gasteiger partial charge in [-0.3, -0.25) is 4.90 Å². The fourth-order valence-electron chi connectivity index (χ4n) is 3.28. The zero-order chi connectivity index (χ0) is 17.8. The van der Waals surface area contributed by atoms with Gasteiger partial charge in [0.05, 0.1) is 6.04 Å². The number of carbonyl (C=O) groups excluding carboxylic acids is 1. The summed E-state index contributed by atoms with van der Waals surface area (Å²) < 4.78 is 0. The predicted molar refractivity (Wildman–Crippen MR) is 103 cm³/mol. The van der Waals surface area contributed by atoms with Crippen molar-refractivity contribution in [1.29, 1.82) is 0 Å². The van der Waals surface area contributed by atoms with Crippen molar-refractivity contribution >= 4 is 23.1 Å². The molecule has 1 aromatic carbocycles. The van der Waals surface area contributed by atoms with E-state index in [1.54, 1.807) is 11.3 Å². The number of hydrogen-bond acceptors (Lipinski definition) is 4. The van der Waals surface area contributed by atoms with Crippen LogP contribution in [0.3, 0.4) is 0 Å². The SMILES string of the molecule is CCc1ccc(NC(=O)N2CCN(C(C)c3nccs3)CC2)cc1C. The number of anilines is 1. The van der Waals surface area contributed by atoms with E-state index in [4.69, 9.17) is 0 Å². The van der Waals surface area contributed by atoms with Gasteiger partial charge >= 0.3 is 6.03 Å². The first-order valence-corrected chi connectivity index (χ1v) is 9.75. The molecule has 0 bridgehead atoms. The van der Waals surface area contributed by atoms with Crippen molar-refractivity contribution in [3.63, 3.8) is 0 Å². The molecule has 1 aliphatic heterocycles. The highest BCUT2D eigenvalue weighted by Crippen LogP contribution is 2.23. The van der Waals surface area contributed by atoms with Crippen molar-refractivity contribution in [2.24, 2.45) is 0 Å². The van der Waals surface area contributed by atoms with Crippen LogP contribution in [0.25, 0.3) is 0 Å². The third kappa shape index (κ3) is 4.19. The first kappa shape index (κ1) is 17.9. The van der Waals surface area contributed by atoms with E-state index in [9.17, 15) is 4.79 Å². The Morgan fingerprint density at radius 2 is 2.08 bits per heavy atom. The Morgan fingerprint density at radius 1 is 1.32 bits per heavy atom. The van der Waals surface area contributed by atoms with Crippen LogP contribution in [0.15, 0.2) is 29.8 Å². The summed E-state index contributed by atoms with van der Waals surface area (Å²) in [7, 11) is 0. The molecule has 3 rings (SSSR count). The molecule has 6 heteroatoms. The highest BCUT2D eigenvalue weighted by atomic mass is 32.1. The van der Waals surface area contributed by atoms with Gasteiger partial charge in [-0.15, -0.1) is 11.3 Å². The number of nitrogens with one attached hydrogen (secondary N) is 1. The third-order valence-electron chi connectivity index (χ3n) is 4.93. The number of carbonyl (C=O) groups is 1. The summed E-state index contributed by atoms with van der Waals surface area (Å²) >= 11 is 1.69. The van der Waals surface area contributed by atoms with Gasteiger partial charge in [-0.05, 0) is 43.5 Å². The smallest absolute Gasteiger partial charge is 0.321 e. The van der Waals surface area contributed by atoms with Crippen LogP contribution in [0.1, 0.15) is 36.0 Å². The van der Waals surface area contributed by atoms with Gasteiger partial charge in [0.1, 0.15) is 5.01 Å². The van der Waals surface area contributed by atoms with Gasteiger partial charge in [-0.25, -0.2) is 9.78 Å². The summed E-state index contributed by atoms with van der Waals surface area (Å²) in [5.74, 6) is 0. The zero-order valence-electron chi connectivity index (χ0n) is 15.2. The second-order valence-electron chi connectivity index (χ2n) is 6.49. The molecule has 2 amide bonds. The van der Waals surface area contributed by atoms with Crippen LogP contribution in [0.2, 0.25) is 0 Å². The molecule has 1 atom stereocenters. The number of thiazole rings is 1. The summed E-state index contributed by atoms with van der Waals surface area (Å²) in [5.41, 5.74) is 3.42. The minimum atomic E-state index is -0.00907. The number of hydrogen-bond donors (Lipinski definition) is 1. The number of rotatable bonds is 4. The van der Waals surface area contributed by atoms with E-state index in [1.165, 1.54) is 11.1 Å². The highest BCUT2D eigenvalue weighted by molar-refractivity contribution is 7.09. The molecule has 1 aliphatic rings. The van der Waals surface area contributed by atoms with Crippen molar-refractivity contribution in [2.75, 3.05) is 31.5 Å². The van der Waals surface area contributed by atoms with E-state index in [-0.39, 0.29) is 6.03 Å². The number of piperazine rings is 1. The van der Waals surface area contributed by atoms with E-state index < -0.39 is 0 Å². The van der Waals surface area contributed by atoms with Crippen molar-refractivity contribution in [3.05, 3.63) is 45.9 Å². The molecule has 2 aromatic rings. The molecule has 0 saturated carbocycles. The lowest BCUT2D eigenvalue weighted by molar-refractivity contribution is 0.119. The third-order valence-corrected chi connectivity index (χ3v) is 5.88. The van der Waals surface area contributed by atoms with Crippen LogP contribution in [0.5, 0.6) is 0 Å². The van der Waals surface area contributed by atoms with E-state index in [0.29, 0.717) is 6.04 Å². The Labute approximate surface area is 153 Å². The first-order chi connectivity index (χ1) is 12.1. The fraction of sp³-hybridized carbons (Fsp3) is 0.474. The number of urea groups is 1. The van der Waals surface area contributed by atoms with Gasteiger partial charge in [-0.2, -0.15) is 0 Å². The topological polar surface area (TPSA) is 48.5 Å². The Morgan fingerprint density at radius 3 is 2.68 bits per heavy atom.